The van der Waals surface area contributed by atoms with E-state index < -0.39 is 0 Å². The Morgan fingerprint density at radius 2 is 2.00 bits per heavy atom. The van der Waals surface area contributed by atoms with Crippen LogP contribution < -0.4 is 5.32 Å². The molecule has 0 spiro atoms. The number of imidazole rings is 1. The lowest BCUT2D eigenvalue weighted by Crippen LogP contribution is -2.29. The van der Waals surface area contributed by atoms with Crippen molar-refractivity contribution in [1.82, 2.24) is 14.9 Å². The van der Waals surface area contributed by atoms with E-state index in [1.54, 1.807) is 0 Å². The zero-order valence-corrected chi connectivity index (χ0v) is 12.7. The van der Waals surface area contributed by atoms with Crippen LogP contribution in [-0.4, -0.2) is 16.1 Å². The van der Waals surface area contributed by atoms with Gasteiger partial charge in [0.05, 0.1) is 6.04 Å². The first-order chi connectivity index (χ1) is 8.48. The third kappa shape index (κ3) is 4.81. The largest absolute Gasteiger partial charge is 0.334 e. The lowest BCUT2D eigenvalue weighted by atomic mass is 9.87. The highest BCUT2D eigenvalue weighted by Gasteiger charge is 2.22. The third-order valence-electron chi connectivity index (χ3n) is 2.98. The van der Waals surface area contributed by atoms with Crippen molar-refractivity contribution in [2.45, 2.75) is 66.5 Å². The van der Waals surface area contributed by atoms with Crippen LogP contribution in [0.3, 0.4) is 0 Å². The maximum Gasteiger partial charge on any atom is 0.125 e. The summed E-state index contributed by atoms with van der Waals surface area (Å²) in [5.74, 6) is 1.19. The molecule has 1 atom stereocenters. The van der Waals surface area contributed by atoms with E-state index in [-0.39, 0.29) is 0 Å². The van der Waals surface area contributed by atoms with Gasteiger partial charge in [0.1, 0.15) is 5.82 Å². The Balaban J connectivity index is 2.83. The summed E-state index contributed by atoms with van der Waals surface area (Å²) in [7, 11) is 0. The Bertz CT molecular complexity index is 336. The normalized spacial score (nSPS) is 13.8. The lowest BCUT2D eigenvalue weighted by Gasteiger charge is -2.27. The van der Waals surface area contributed by atoms with Gasteiger partial charge in [-0.1, -0.05) is 34.6 Å². The molecule has 0 aliphatic heterocycles. The monoisotopic (exact) mass is 251 g/mol. The minimum Gasteiger partial charge on any atom is -0.334 e. The van der Waals surface area contributed by atoms with E-state index in [0.29, 0.717) is 11.5 Å². The molecule has 1 N–H and O–H groups in total. The lowest BCUT2D eigenvalue weighted by molar-refractivity contribution is 0.299. The molecule has 3 heteroatoms. The van der Waals surface area contributed by atoms with Crippen LogP contribution in [-0.2, 0) is 6.54 Å². The summed E-state index contributed by atoms with van der Waals surface area (Å²) >= 11 is 0. The summed E-state index contributed by atoms with van der Waals surface area (Å²) in [6.07, 6.45) is 7.46. The molecule has 0 aliphatic rings. The summed E-state index contributed by atoms with van der Waals surface area (Å²) in [6, 6.07) is 0.367. The van der Waals surface area contributed by atoms with Gasteiger partial charge in [-0.3, -0.25) is 0 Å². The molecule has 1 heterocycles. The summed E-state index contributed by atoms with van der Waals surface area (Å²) in [5.41, 5.74) is 0.314. The second-order valence-electron chi connectivity index (χ2n) is 6.25. The van der Waals surface area contributed by atoms with E-state index in [1.807, 2.05) is 6.20 Å². The summed E-state index contributed by atoms with van der Waals surface area (Å²) in [4.78, 5) is 4.57. The summed E-state index contributed by atoms with van der Waals surface area (Å²) < 4.78 is 2.29. The van der Waals surface area contributed by atoms with Crippen molar-refractivity contribution >= 4 is 0 Å². The maximum atomic E-state index is 4.57. The van der Waals surface area contributed by atoms with E-state index in [4.69, 9.17) is 0 Å². The molecule has 104 valence electrons. The SMILES string of the molecule is CCCNC(CC(C)(C)C)c1nccn1CCC. The Labute approximate surface area is 112 Å². The highest BCUT2D eigenvalue weighted by molar-refractivity contribution is 5.00. The summed E-state index contributed by atoms with van der Waals surface area (Å²) in [5, 5.41) is 3.64. The van der Waals surface area contributed by atoms with Crippen molar-refractivity contribution in [2.75, 3.05) is 6.54 Å². The molecular formula is C15H29N3. The third-order valence-corrected chi connectivity index (χ3v) is 2.98. The number of aryl methyl sites for hydroxylation is 1. The van der Waals surface area contributed by atoms with Crippen molar-refractivity contribution in [3.63, 3.8) is 0 Å². The Morgan fingerprint density at radius 1 is 1.28 bits per heavy atom. The van der Waals surface area contributed by atoms with E-state index in [1.165, 1.54) is 5.82 Å². The standard InChI is InChI=1S/C15H29N3/c1-6-8-16-13(12-15(3,4)5)14-17-9-11-18(14)10-7-2/h9,11,13,16H,6-8,10,12H2,1-5H3. The number of nitrogens with one attached hydrogen (secondary N) is 1. The van der Waals surface area contributed by atoms with Crippen LogP contribution in [0.2, 0.25) is 0 Å². The van der Waals surface area contributed by atoms with Gasteiger partial charge in [0.15, 0.2) is 0 Å². The van der Waals surface area contributed by atoms with E-state index in [2.05, 4.69) is 55.7 Å². The van der Waals surface area contributed by atoms with Crippen LogP contribution >= 0.6 is 0 Å². The zero-order valence-electron chi connectivity index (χ0n) is 12.7. The van der Waals surface area contributed by atoms with Crippen molar-refractivity contribution in [1.29, 1.82) is 0 Å². The van der Waals surface area contributed by atoms with E-state index >= 15 is 0 Å². The van der Waals surface area contributed by atoms with Crippen LogP contribution in [0.4, 0.5) is 0 Å². The van der Waals surface area contributed by atoms with Crippen molar-refractivity contribution < 1.29 is 0 Å². The molecule has 1 unspecified atom stereocenters. The predicted molar refractivity (Wildman–Crippen MR) is 77.6 cm³/mol. The molecule has 0 amide bonds. The number of aromatic nitrogens is 2. The molecule has 1 aromatic rings. The maximum absolute atomic E-state index is 4.57. The molecular weight excluding hydrogens is 222 g/mol. The van der Waals surface area contributed by atoms with Gasteiger partial charge >= 0.3 is 0 Å². The first-order valence-corrected chi connectivity index (χ1v) is 7.22. The number of rotatable bonds is 7. The smallest absolute Gasteiger partial charge is 0.125 e. The first-order valence-electron chi connectivity index (χ1n) is 7.22. The highest BCUT2D eigenvalue weighted by Crippen LogP contribution is 2.28. The van der Waals surface area contributed by atoms with Crippen molar-refractivity contribution in [3.8, 4) is 0 Å². The second kappa shape index (κ2) is 6.93. The number of hydrogen-bond acceptors (Lipinski definition) is 2. The second-order valence-corrected chi connectivity index (χ2v) is 6.25. The topological polar surface area (TPSA) is 29.9 Å². The van der Waals surface area contributed by atoms with Crippen LogP contribution in [0.1, 0.15) is 65.7 Å². The van der Waals surface area contributed by atoms with Crippen molar-refractivity contribution in [2.24, 2.45) is 5.41 Å². The molecule has 0 radical (unpaired) electrons. The quantitative estimate of drug-likeness (QED) is 0.799. The average Bonchev–Trinajstić information content (AvgIpc) is 2.71. The molecule has 0 fully saturated rings. The fourth-order valence-electron chi connectivity index (χ4n) is 2.25. The molecule has 1 rings (SSSR count). The molecule has 0 bridgehead atoms. The summed E-state index contributed by atoms with van der Waals surface area (Å²) in [6.45, 7) is 13.4. The molecule has 0 saturated carbocycles. The van der Waals surface area contributed by atoms with Crippen LogP contribution in [0, 0.1) is 5.41 Å². The fourth-order valence-corrected chi connectivity index (χ4v) is 2.25. The Kier molecular flexibility index (Phi) is 5.86. The van der Waals surface area contributed by atoms with Crippen molar-refractivity contribution in [3.05, 3.63) is 18.2 Å². The highest BCUT2D eigenvalue weighted by atomic mass is 15.1. The van der Waals surface area contributed by atoms with Gasteiger partial charge in [0, 0.05) is 18.9 Å². The molecule has 0 aliphatic carbocycles. The van der Waals surface area contributed by atoms with Gasteiger partial charge in [0.25, 0.3) is 0 Å². The average molecular weight is 251 g/mol. The predicted octanol–water partition coefficient (Wildman–Crippen LogP) is 3.77. The van der Waals surface area contributed by atoms with Crippen LogP contribution in [0.15, 0.2) is 12.4 Å². The number of hydrogen-bond donors (Lipinski definition) is 1. The Morgan fingerprint density at radius 3 is 2.56 bits per heavy atom. The van der Waals surface area contributed by atoms with Crippen LogP contribution in [0.5, 0.6) is 0 Å². The molecule has 18 heavy (non-hydrogen) atoms. The van der Waals surface area contributed by atoms with Gasteiger partial charge in [-0.25, -0.2) is 4.98 Å². The van der Waals surface area contributed by atoms with Gasteiger partial charge in [-0.05, 0) is 31.2 Å². The van der Waals surface area contributed by atoms with Gasteiger partial charge < -0.3 is 9.88 Å². The Hall–Kier alpha value is -0.830. The van der Waals surface area contributed by atoms with Gasteiger partial charge in [0.2, 0.25) is 0 Å². The van der Waals surface area contributed by atoms with E-state index in [0.717, 1.165) is 32.4 Å². The van der Waals surface area contributed by atoms with Crippen LogP contribution in [0.25, 0.3) is 0 Å². The zero-order chi connectivity index (χ0) is 13.6. The van der Waals surface area contributed by atoms with Gasteiger partial charge in [-0.2, -0.15) is 0 Å². The first kappa shape index (κ1) is 15.2. The molecule has 3 nitrogen and oxygen atoms in total. The number of nitrogens with zero attached hydrogens (tertiary/aromatic N) is 2. The molecule has 0 saturated heterocycles. The minimum absolute atomic E-state index is 0.314. The molecule has 0 aromatic carbocycles. The molecule has 1 aromatic heterocycles. The fraction of sp³-hybridized carbons (Fsp3) is 0.800. The van der Waals surface area contributed by atoms with E-state index in [9.17, 15) is 0 Å². The minimum atomic E-state index is 0.314. The van der Waals surface area contributed by atoms with Gasteiger partial charge in [-0.15, -0.1) is 0 Å².